The Morgan fingerprint density at radius 3 is 2.81 bits per heavy atom. The Hall–Kier alpha value is -2.40. The maximum absolute atomic E-state index is 4.69. The summed E-state index contributed by atoms with van der Waals surface area (Å²) >= 11 is 0. The van der Waals surface area contributed by atoms with Crippen LogP contribution in [0.1, 0.15) is 24.8 Å². The molecule has 3 heterocycles. The van der Waals surface area contributed by atoms with Gasteiger partial charge in [-0.15, -0.1) is 0 Å². The van der Waals surface area contributed by atoms with Gasteiger partial charge in [0, 0.05) is 38.4 Å². The Kier molecular flexibility index (Phi) is 4.09. The molecule has 5 heteroatoms. The maximum atomic E-state index is 4.69. The van der Waals surface area contributed by atoms with Gasteiger partial charge in [-0.05, 0) is 36.8 Å². The van der Waals surface area contributed by atoms with Crippen LogP contribution in [-0.2, 0) is 6.54 Å². The minimum atomic E-state index is 0.535. The number of aromatic nitrogens is 3. The zero-order chi connectivity index (χ0) is 17.3. The van der Waals surface area contributed by atoms with E-state index in [0.29, 0.717) is 6.04 Å². The summed E-state index contributed by atoms with van der Waals surface area (Å²) < 4.78 is 0. The van der Waals surface area contributed by atoms with Crippen molar-refractivity contribution >= 4 is 16.9 Å². The van der Waals surface area contributed by atoms with Crippen LogP contribution < -0.4 is 4.90 Å². The highest BCUT2D eigenvalue weighted by atomic mass is 15.3. The quantitative estimate of drug-likeness (QED) is 0.742. The Morgan fingerprint density at radius 1 is 1.08 bits per heavy atom. The summed E-state index contributed by atoms with van der Waals surface area (Å²) in [5, 5.41) is 1.15. The Morgan fingerprint density at radius 2 is 1.96 bits per heavy atom. The molecule has 1 saturated carbocycles. The van der Waals surface area contributed by atoms with Gasteiger partial charge in [0.2, 0.25) is 0 Å². The van der Waals surface area contributed by atoms with Crippen LogP contribution in [0.2, 0.25) is 0 Å². The second-order valence-corrected chi connectivity index (χ2v) is 7.70. The van der Waals surface area contributed by atoms with Gasteiger partial charge in [0.15, 0.2) is 0 Å². The lowest BCUT2D eigenvalue weighted by Gasteiger charge is -2.31. The summed E-state index contributed by atoms with van der Waals surface area (Å²) in [6, 6.07) is 13.4. The van der Waals surface area contributed by atoms with Crippen LogP contribution in [0, 0.1) is 5.92 Å². The van der Waals surface area contributed by atoms with Crippen molar-refractivity contribution in [2.24, 2.45) is 5.92 Å². The molecule has 1 saturated heterocycles. The van der Waals surface area contributed by atoms with Crippen LogP contribution >= 0.6 is 0 Å². The second-order valence-electron chi connectivity index (χ2n) is 7.70. The number of benzene rings is 1. The standard InChI is InChI=1S/C21H25N5/c1-2-4-16(5-3-1)12-25-11-9-18(14-25)26(13-17-6-7-17)21-19-8-10-22-20(19)23-15-24-21/h1-5,8,10,15,17-18H,6-7,9,11-14H2,(H,22,23,24). The average molecular weight is 347 g/mol. The van der Waals surface area contributed by atoms with Crippen molar-refractivity contribution in [3.63, 3.8) is 0 Å². The molecule has 1 N–H and O–H groups in total. The number of hydrogen-bond acceptors (Lipinski definition) is 4. The highest BCUT2D eigenvalue weighted by molar-refractivity contribution is 5.87. The van der Waals surface area contributed by atoms with E-state index in [4.69, 9.17) is 4.98 Å². The minimum Gasteiger partial charge on any atom is -0.351 e. The molecule has 3 aromatic rings. The summed E-state index contributed by atoms with van der Waals surface area (Å²) in [5.74, 6) is 1.94. The van der Waals surface area contributed by atoms with Gasteiger partial charge in [0.25, 0.3) is 0 Å². The third-order valence-corrected chi connectivity index (χ3v) is 5.69. The van der Waals surface area contributed by atoms with Crippen LogP contribution in [0.4, 0.5) is 5.82 Å². The summed E-state index contributed by atoms with van der Waals surface area (Å²) in [7, 11) is 0. The van der Waals surface area contributed by atoms with Crippen molar-refractivity contribution in [2.45, 2.75) is 31.8 Å². The van der Waals surface area contributed by atoms with Gasteiger partial charge in [-0.25, -0.2) is 9.97 Å². The molecule has 1 atom stereocenters. The average Bonchev–Trinajstić information content (AvgIpc) is 3.16. The van der Waals surface area contributed by atoms with Gasteiger partial charge in [0.1, 0.15) is 17.8 Å². The van der Waals surface area contributed by atoms with E-state index in [0.717, 1.165) is 48.9 Å². The monoisotopic (exact) mass is 347 g/mol. The minimum absolute atomic E-state index is 0.535. The van der Waals surface area contributed by atoms with Crippen molar-refractivity contribution in [3.8, 4) is 0 Å². The Balaban J connectivity index is 1.37. The molecular weight excluding hydrogens is 322 g/mol. The van der Waals surface area contributed by atoms with Crippen molar-refractivity contribution in [2.75, 3.05) is 24.5 Å². The third kappa shape index (κ3) is 3.19. The summed E-state index contributed by atoms with van der Waals surface area (Å²) in [4.78, 5) is 17.4. The fraction of sp³-hybridized carbons (Fsp3) is 0.429. The van der Waals surface area contributed by atoms with Crippen LogP contribution in [-0.4, -0.2) is 45.5 Å². The van der Waals surface area contributed by atoms with Crippen LogP contribution in [0.15, 0.2) is 48.9 Å². The molecule has 1 aliphatic carbocycles. The first-order chi connectivity index (χ1) is 12.9. The van der Waals surface area contributed by atoms with Crippen molar-refractivity contribution < 1.29 is 0 Å². The molecule has 134 valence electrons. The van der Waals surface area contributed by atoms with E-state index in [9.17, 15) is 0 Å². The number of H-pyrrole nitrogens is 1. The highest BCUT2D eigenvalue weighted by Gasteiger charge is 2.33. The second kappa shape index (κ2) is 6.72. The van der Waals surface area contributed by atoms with E-state index >= 15 is 0 Å². The van der Waals surface area contributed by atoms with Gasteiger partial charge in [-0.2, -0.15) is 0 Å². The molecule has 0 bridgehead atoms. The third-order valence-electron chi connectivity index (χ3n) is 5.69. The molecule has 0 spiro atoms. The number of aromatic amines is 1. The zero-order valence-corrected chi connectivity index (χ0v) is 15.0. The lowest BCUT2D eigenvalue weighted by atomic mass is 10.2. The Bertz CT molecular complexity index is 870. The number of fused-ring (bicyclic) bond motifs is 1. The lowest BCUT2D eigenvalue weighted by Crippen LogP contribution is -2.39. The zero-order valence-electron chi connectivity index (χ0n) is 15.0. The molecule has 2 aliphatic rings. The molecule has 2 aromatic heterocycles. The van der Waals surface area contributed by atoms with E-state index < -0.39 is 0 Å². The van der Waals surface area contributed by atoms with Crippen molar-refractivity contribution in [1.29, 1.82) is 0 Å². The fourth-order valence-corrected chi connectivity index (χ4v) is 4.13. The molecule has 5 rings (SSSR count). The van der Waals surface area contributed by atoms with Crippen LogP contribution in [0.25, 0.3) is 11.0 Å². The maximum Gasteiger partial charge on any atom is 0.142 e. The van der Waals surface area contributed by atoms with Gasteiger partial charge in [-0.1, -0.05) is 30.3 Å². The molecular formula is C21H25N5. The molecule has 0 radical (unpaired) electrons. The van der Waals surface area contributed by atoms with Gasteiger partial charge < -0.3 is 9.88 Å². The fourth-order valence-electron chi connectivity index (χ4n) is 4.13. The topological polar surface area (TPSA) is 48.1 Å². The van der Waals surface area contributed by atoms with E-state index in [1.54, 1.807) is 6.33 Å². The molecule has 1 aromatic carbocycles. The molecule has 26 heavy (non-hydrogen) atoms. The van der Waals surface area contributed by atoms with E-state index in [1.807, 2.05) is 6.20 Å². The number of nitrogens with one attached hydrogen (secondary N) is 1. The van der Waals surface area contributed by atoms with E-state index in [-0.39, 0.29) is 0 Å². The highest BCUT2D eigenvalue weighted by Crippen LogP contribution is 2.35. The van der Waals surface area contributed by atoms with Gasteiger partial charge in [0.05, 0.1) is 5.39 Å². The Labute approximate surface area is 154 Å². The van der Waals surface area contributed by atoms with Gasteiger partial charge >= 0.3 is 0 Å². The number of anilines is 1. The molecule has 5 nitrogen and oxygen atoms in total. The van der Waals surface area contributed by atoms with E-state index in [1.165, 1.54) is 24.8 Å². The molecule has 1 aliphatic heterocycles. The largest absolute Gasteiger partial charge is 0.351 e. The first-order valence-electron chi connectivity index (χ1n) is 9.68. The van der Waals surface area contributed by atoms with Crippen LogP contribution in [0.3, 0.4) is 0 Å². The first-order valence-corrected chi connectivity index (χ1v) is 9.68. The molecule has 2 fully saturated rings. The molecule has 1 unspecified atom stereocenters. The lowest BCUT2D eigenvalue weighted by molar-refractivity contribution is 0.324. The predicted octanol–water partition coefficient (Wildman–Crippen LogP) is 3.45. The number of nitrogens with zero attached hydrogens (tertiary/aromatic N) is 4. The van der Waals surface area contributed by atoms with Gasteiger partial charge in [-0.3, -0.25) is 4.90 Å². The summed E-state index contributed by atoms with van der Waals surface area (Å²) in [5.41, 5.74) is 2.34. The first kappa shape index (κ1) is 15.8. The molecule has 0 amide bonds. The number of rotatable bonds is 6. The SMILES string of the molecule is c1ccc(CN2CCC(N(CC3CC3)c3ncnc4[nH]ccc34)C2)cc1. The summed E-state index contributed by atoms with van der Waals surface area (Å²) in [6.45, 7) is 4.43. The normalized spacial score (nSPS) is 20.7. The van der Waals surface area contributed by atoms with Crippen LogP contribution in [0.5, 0.6) is 0 Å². The smallest absolute Gasteiger partial charge is 0.142 e. The number of hydrogen-bond donors (Lipinski definition) is 1. The summed E-state index contributed by atoms with van der Waals surface area (Å²) in [6.07, 6.45) is 7.59. The van der Waals surface area contributed by atoms with E-state index in [2.05, 4.69) is 56.2 Å². The number of likely N-dealkylation sites (tertiary alicyclic amines) is 1. The van der Waals surface area contributed by atoms with Crippen molar-refractivity contribution in [3.05, 3.63) is 54.5 Å². The van der Waals surface area contributed by atoms with Crippen molar-refractivity contribution in [1.82, 2.24) is 19.9 Å². The predicted molar refractivity (Wildman–Crippen MR) is 104 cm³/mol.